The smallest absolute Gasteiger partial charge is 0.412 e. The largest absolute Gasteiger partial charge is 0.444 e. The minimum Gasteiger partial charge on any atom is -0.444 e. The van der Waals surface area contributed by atoms with Gasteiger partial charge in [-0.25, -0.2) is 18.6 Å². The highest BCUT2D eigenvalue weighted by molar-refractivity contribution is 6.34. The van der Waals surface area contributed by atoms with Crippen LogP contribution in [0.4, 0.5) is 25.1 Å². The molecule has 37 heavy (non-hydrogen) atoms. The van der Waals surface area contributed by atoms with Crippen LogP contribution in [0.3, 0.4) is 0 Å². The molecule has 1 aromatic heterocycles. The Hall–Kier alpha value is -4.11. The molecule has 0 saturated carbocycles. The number of rotatable bonds is 5. The van der Waals surface area contributed by atoms with Gasteiger partial charge in [-0.15, -0.1) is 0 Å². The molecule has 0 spiro atoms. The maximum absolute atomic E-state index is 14.9. The van der Waals surface area contributed by atoms with Crippen molar-refractivity contribution in [3.8, 4) is 0 Å². The standard InChI is InChI=1S/C27H23ClF2N4O3/c1-27(2,3)37-26(36)33-19-8-9-21(28)20(12-19)25(35)34-24-22(30)10-16(14-32-24)17-11-23(31-13-17)15-4-6-18(29)7-5-15/h4-14,23H,1-3H3,(H,33,36)(H,32,34,35). The van der Waals surface area contributed by atoms with E-state index < -0.39 is 23.4 Å². The van der Waals surface area contributed by atoms with Crippen LogP contribution in [0.15, 0.2) is 65.8 Å². The van der Waals surface area contributed by atoms with Gasteiger partial charge < -0.3 is 10.1 Å². The molecule has 2 amide bonds. The van der Waals surface area contributed by atoms with Gasteiger partial charge in [0.2, 0.25) is 0 Å². The number of halogens is 3. The first-order valence-electron chi connectivity index (χ1n) is 11.3. The number of nitrogens with zero attached hydrogens (tertiary/aromatic N) is 2. The number of benzene rings is 2. The Balaban J connectivity index is 1.47. The average Bonchev–Trinajstić information content (AvgIpc) is 3.31. The molecular weight excluding hydrogens is 502 g/mol. The molecule has 1 aliphatic rings. The highest BCUT2D eigenvalue weighted by Gasteiger charge is 2.20. The van der Waals surface area contributed by atoms with Gasteiger partial charge in [-0.2, -0.15) is 0 Å². The second-order valence-corrected chi connectivity index (χ2v) is 9.63. The number of ether oxygens (including phenoxy) is 1. The number of nitrogens with one attached hydrogen (secondary N) is 2. The molecule has 0 fully saturated rings. The number of allylic oxidation sites excluding steroid dienone is 1. The van der Waals surface area contributed by atoms with Gasteiger partial charge in [0.05, 0.1) is 16.6 Å². The fourth-order valence-corrected chi connectivity index (χ4v) is 3.69. The lowest BCUT2D eigenvalue weighted by Crippen LogP contribution is -2.27. The predicted molar refractivity (Wildman–Crippen MR) is 139 cm³/mol. The van der Waals surface area contributed by atoms with Gasteiger partial charge in [-0.05, 0) is 74.4 Å². The fraction of sp³-hybridized carbons (Fsp3) is 0.185. The van der Waals surface area contributed by atoms with Crippen LogP contribution in [0.1, 0.15) is 48.3 Å². The van der Waals surface area contributed by atoms with Crippen molar-refractivity contribution in [1.82, 2.24) is 4.98 Å². The zero-order valence-electron chi connectivity index (χ0n) is 20.2. The van der Waals surface area contributed by atoms with Gasteiger partial charge in [0.25, 0.3) is 5.91 Å². The average molecular weight is 525 g/mol. The molecule has 1 unspecified atom stereocenters. The summed E-state index contributed by atoms with van der Waals surface area (Å²) < 4.78 is 33.2. The van der Waals surface area contributed by atoms with Crippen LogP contribution in [-0.2, 0) is 4.74 Å². The number of amides is 2. The van der Waals surface area contributed by atoms with E-state index in [4.69, 9.17) is 16.3 Å². The zero-order chi connectivity index (χ0) is 26.7. The Labute approximate surface area is 217 Å². The quantitative estimate of drug-likeness (QED) is 0.383. The number of carbonyl (C=O) groups excluding carboxylic acids is 2. The van der Waals surface area contributed by atoms with Crippen molar-refractivity contribution >= 4 is 46.9 Å². The van der Waals surface area contributed by atoms with Crippen LogP contribution in [0.2, 0.25) is 5.02 Å². The molecule has 1 aliphatic heterocycles. The summed E-state index contributed by atoms with van der Waals surface area (Å²) in [6, 6.07) is 11.2. The summed E-state index contributed by atoms with van der Waals surface area (Å²) in [4.78, 5) is 33.3. The van der Waals surface area contributed by atoms with Crippen LogP contribution in [0.25, 0.3) is 5.57 Å². The minimum absolute atomic E-state index is 0.00766. The highest BCUT2D eigenvalue weighted by atomic mass is 35.5. The van der Waals surface area contributed by atoms with Crippen molar-refractivity contribution in [3.63, 3.8) is 0 Å². The molecule has 2 N–H and O–H groups in total. The molecule has 4 rings (SSSR count). The van der Waals surface area contributed by atoms with Crippen molar-refractivity contribution in [2.45, 2.75) is 32.4 Å². The topological polar surface area (TPSA) is 92.7 Å². The van der Waals surface area contributed by atoms with Gasteiger partial charge in [0, 0.05) is 23.7 Å². The van der Waals surface area contributed by atoms with Crippen LogP contribution < -0.4 is 10.6 Å². The van der Waals surface area contributed by atoms with Gasteiger partial charge in [-0.1, -0.05) is 23.7 Å². The molecule has 0 radical (unpaired) electrons. The van der Waals surface area contributed by atoms with E-state index in [9.17, 15) is 18.4 Å². The Bertz CT molecular complexity index is 1420. The number of anilines is 2. The van der Waals surface area contributed by atoms with E-state index >= 15 is 0 Å². The van der Waals surface area contributed by atoms with Crippen molar-refractivity contribution < 1.29 is 23.1 Å². The molecule has 0 saturated heterocycles. The predicted octanol–water partition coefficient (Wildman–Crippen LogP) is 6.82. The van der Waals surface area contributed by atoms with E-state index in [2.05, 4.69) is 20.6 Å². The number of carbonyl (C=O) groups is 2. The molecule has 10 heteroatoms. The first-order chi connectivity index (χ1) is 17.5. The lowest BCUT2D eigenvalue weighted by atomic mass is 10.0. The van der Waals surface area contributed by atoms with Crippen molar-refractivity contribution in [2.24, 2.45) is 4.99 Å². The molecule has 3 aromatic rings. The van der Waals surface area contributed by atoms with Crippen LogP contribution in [0, 0.1) is 11.6 Å². The molecule has 2 heterocycles. The Morgan fingerprint density at radius 3 is 2.43 bits per heavy atom. The maximum Gasteiger partial charge on any atom is 0.412 e. The normalized spacial score (nSPS) is 14.8. The van der Waals surface area contributed by atoms with Crippen molar-refractivity contribution in [2.75, 3.05) is 10.6 Å². The summed E-state index contributed by atoms with van der Waals surface area (Å²) in [5.74, 6) is -2.10. The highest BCUT2D eigenvalue weighted by Crippen LogP contribution is 2.30. The maximum atomic E-state index is 14.9. The second kappa shape index (κ2) is 10.5. The van der Waals surface area contributed by atoms with Crippen molar-refractivity contribution in [1.29, 1.82) is 0 Å². The summed E-state index contributed by atoms with van der Waals surface area (Å²) in [7, 11) is 0. The van der Waals surface area contributed by atoms with Gasteiger partial charge >= 0.3 is 6.09 Å². The molecule has 0 bridgehead atoms. The SMILES string of the molecule is CC(C)(C)OC(=O)Nc1ccc(Cl)c(C(=O)Nc2ncc(C3=CC(c4ccc(F)cc4)N=C3)cc2F)c1. The Kier molecular flexibility index (Phi) is 7.35. The van der Waals surface area contributed by atoms with Crippen molar-refractivity contribution in [3.05, 3.63) is 94.2 Å². The van der Waals surface area contributed by atoms with E-state index in [0.717, 1.165) is 5.56 Å². The van der Waals surface area contributed by atoms with Crippen LogP contribution in [-0.4, -0.2) is 28.8 Å². The number of hydrogen-bond acceptors (Lipinski definition) is 5. The Morgan fingerprint density at radius 2 is 1.76 bits per heavy atom. The first kappa shape index (κ1) is 26.0. The molecule has 2 aromatic carbocycles. The fourth-order valence-electron chi connectivity index (χ4n) is 3.49. The third kappa shape index (κ3) is 6.56. The second-order valence-electron chi connectivity index (χ2n) is 9.23. The number of pyridine rings is 1. The molecule has 0 aliphatic carbocycles. The van der Waals surface area contributed by atoms with Gasteiger partial charge in [-0.3, -0.25) is 15.1 Å². The summed E-state index contributed by atoms with van der Waals surface area (Å²) in [6.45, 7) is 5.17. The van der Waals surface area contributed by atoms with E-state index in [1.807, 2.05) is 6.08 Å². The number of aliphatic imine (C=N–C) groups is 1. The van der Waals surface area contributed by atoms with E-state index in [1.165, 1.54) is 42.6 Å². The van der Waals surface area contributed by atoms with Gasteiger partial charge in [0.15, 0.2) is 11.6 Å². The monoisotopic (exact) mass is 524 g/mol. The van der Waals surface area contributed by atoms with E-state index in [-0.39, 0.29) is 34.0 Å². The molecule has 1 atom stereocenters. The Morgan fingerprint density at radius 1 is 1.03 bits per heavy atom. The van der Waals surface area contributed by atoms with Gasteiger partial charge in [0.1, 0.15) is 11.4 Å². The van der Waals surface area contributed by atoms with Crippen LogP contribution >= 0.6 is 11.6 Å². The zero-order valence-corrected chi connectivity index (χ0v) is 20.9. The number of hydrogen-bond donors (Lipinski definition) is 2. The summed E-state index contributed by atoms with van der Waals surface area (Å²) >= 11 is 6.16. The third-order valence-electron chi connectivity index (χ3n) is 5.19. The summed E-state index contributed by atoms with van der Waals surface area (Å²) in [5.41, 5.74) is 1.48. The van der Waals surface area contributed by atoms with E-state index in [0.29, 0.717) is 11.1 Å². The third-order valence-corrected chi connectivity index (χ3v) is 5.52. The first-order valence-corrected chi connectivity index (χ1v) is 11.6. The lowest BCUT2D eigenvalue weighted by Gasteiger charge is -2.19. The summed E-state index contributed by atoms with van der Waals surface area (Å²) in [6.07, 6.45) is 4.11. The minimum atomic E-state index is -0.760. The molecule has 190 valence electrons. The number of aromatic nitrogens is 1. The molecule has 7 nitrogen and oxygen atoms in total. The molecular formula is C27H23ClF2N4O3. The van der Waals surface area contributed by atoms with E-state index in [1.54, 1.807) is 39.1 Å². The van der Waals surface area contributed by atoms with Crippen LogP contribution in [0.5, 0.6) is 0 Å². The lowest BCUT2D eigenvalue weighted by molar-refractivity contribution is 0.0635. The summed E-state index contributed by atoms with van der Waals surface area (Å²) in [5, 5.41) is 5.03.